The zero-order valence-corrected chi connectivity index (χ0v) is 15.1. The summed E-state index contributed by atoms with van der Waals surface area (Å²) in [4.78, 5) is 25.7. The van der Waals surface area contributed by atoms with Gasteiger partial charge in [-0.15, -0.1) is 0 Å². The highest BCUT2D eigenvalue weighted by Crippen LogP contribution is 2.39. The highest BCUT2D eigenvalue weighted by molar-refractivity contribution is 6.09. The highest BCUT2D eigenvalue weighted by atomic mass is 16.5. The molecule has 2 aromatic rings. The van der Waals surface area contributed by atoms with Crippen LogP contribution >= 0.6 is 0 Å². The Hall–Kier alpha value is -2.62. The summed E-state index contributed by atoms with van der Waals surface area (Å²) in [5, 5.41) is 2.97. The molecule has 0 saturated heterocycles. The number of ether oxygens (including phenoxy) is 1. The van der Waals surface area contributed by atoms with Gasteiger partial charge in [0.25, 0.3) is 5.91 Å². The van der Waals surface area contributed by atoms with Crippen molar-refractivity contribution in [1.29, 1.82) is 0 Å². The minimum absolute atomic E-state index is 0.00630. The van der Waals surface area contributed by atoms with Crippen molar-refractivity contribution in [3.05, 3.63) is 64.2 Å². The Bertz CT molecular complexity index is 830. The molecule has 0 spiro atoms. The molecule has 3 rings (SSSR count). The summed E-state index contributed by atoms with van der Waals surface area (Å²) in [6.45, 7) is 5.79. The number of hydrogen-bond acceptors (Lipinski definition) is 3. The van der Waals surface area contributed by atoms with Crippen LogP contribution in [0.15, 0.2) is 36.4 Å². The van der Waals surface area contributed by atoms with E-state index in [-0.39, 0.29) is 11.7 Å². The average molecular weight is 337 g/mol. The van der Waals surface area contributed by atoms with Gasteiger partial charge in [0.05, 0.1) is 7.11 Å². The fraction of sp³-hybridized carbons (Fsp3) is 0.333. The van der Waals surface area contributed by atoms with Crippen LogP contribution in [0.5, 0.6) is 5.75 Å². The maximum absolute atomic E-state index is 13.0. The molecule has 4 nitrogen and oxygen atoms in total. The van der Waals surface area contributed by atoms with Crippen LogP contribution in [0.2, 0.25) is 0 Å². The molecule has 0 aliphatic heterocycles. The van der Waals surface area contributed by atoms with Gasteiger partial charge in [-0.05, 0) is 57.9 Å². The zero-order valence-electron chi connectivity index (χ0n) is 15.1. The third-order valence-electron chi connectivity index (χ3n) is 4.77. The van der Waals surface area contributed by atoms with Gasteiger partial charge in [-0.3, -0.25) is 9.59 Å². The standard InChI is InChI=1S/C21H23NO3/c1-13-10-14(2)12-16(11-13)19(23)21(8-9-21)22-20(24)17-6-5-7-18(25-4)15(17)3/h5-7,10-12H,8-9H2,1-4H3,(H,22,24). The molecule has 0 atom stereocenters. The first kappa shape index (κ1) is 17.2. The summed E-state index contributed by atoms with van der Waals surface area (Å²) in [5.74, 6) is 0.429. The predicted octanol–water partition coefficient (Wildman–Crippen LogP) is 3.77. The molecule has 1 aliphatic rings. The highest BCUT2D eigenvalue weighted by Gasteiger charge is 2.51. The Kier molecular flexibility index (Phi) is 4.38. The number of benzene rings is 2. The molecular weight excluding hydrogens is 314 g/mol. The topological polar surface area (TPSA) is 55.4 Å². The molecule has 1 saturated carbocycles. The summed E-state index contributed by atoms with van der Waals surface area (Å²) in [6, 6.07) is 11.2. The van der Waals surface area contributed by atoms with Crippen LogP contribution in [0.25, 0.3) is 0 Å². The van der Waals surface area contributed by atoms with Gasteiger partial charge in [-0.1, -0.05) is 23.3 Å². The van der Waals surface area contributed by atoms with Gasteiger partial charge in [0, 0.05) is 16.7 Å². The molecule has 0 aromatic heterocycles. The number of hydrogen-bond donors (Lipinski definition) is 1. The van der Waals surface area contributed by atoms with E-state index in [1.165, 1.54) is 0 Å². The largest absolute Gasteiger partial charge is 0.496 e. The molecule has 1 fully saturated rings. The number of methoxy groups -OCH3 is 1. The van der Waals surface area contributed by atoms with Crippen LogP contribution in [0.3, 0.4) is 0 Å². The van der Waals surface area contributed by atoms with Crippen molar-refractivity contribution in [3.8, 4) is 5.75 Å². The second-order valence-corrected chi connectivity index (χ2v) is 6.87. The molecular formula is C21H23NO3. The first-order chi connectivity index (χ1) is 11.9. The lowest BCUT2D eigenvalue weighted by molar-refractivity contribution is 0.0842. The number of carbonyl (C=O) groups excluding carboxylic acids is 2. The summed E-state index contributed by atoms with van der Waals surface area (Å²) >= 11 is 0. The second kappa shape index (κ2) is 6.36. The van der Waals surface area contributed by atoms with Gasteiger partial charge >= 0.3 is 0 Å². The van der Waals surface area contributed by atoms with E-state index in [0.717, 1.165) is 16.7 Å². The van der Waals surface area contributed by atoms with Crippen LogP contribution < -0.4 is 10.1 Å². The van der Waals surface area contributed by atoms with Crippen molar-refractivity contribution < 1.29 is 14.3 Å². The Morgan fingerprint density at radius 2 is 1.68 bits per heavy atom. The predicted molar refractivity (Wildman–Crippen MR) is 97.4 cm³/mol. The Morgan fingerprint density at radius 1 is 1.04 bits per heavy atom. The molecule has 1 amide bonds. The Balaban J connectivity index is 1.85. The van der Waals surface area contributed by atoms with Crippen molar-refractivity contribution >= 4 is 11.7 Å². The van der Waals surface area contributed by atoms with Gasteiger partial charge in [0.15, 0.2) is 5.78 Å². The molecule has 2 aromatic carbocycles. The molecule has 130 valence electrons. The van der Waals surface area contributed by atoms with E-state index in [0.29, 0.717) is 29.7 Å². The van der Waals surface area contributed by atoms with E-state index in [9.17, 15) is 9.59 Å². The van der Waals surface area contributed by atoms with Crippen molar-refractivity contribution in [1.82, 2.24) is 5.32 Å². The van der Waals surface area contributed by atoms with E-state index in [2.05, 4.69) is 5.32 Å². The number of carbonyl (C=O) groups is 2. The lowest BCUT2D eigenvalue weighted by atomic mass is 9.97. The number of amides is 1. The van der Waals surface area contributed by atoms with E-state index in [4.69, 9.17) is 4.74 Å². The molecule has 25 heavy (non-hydrogen) atoms. The van der Waals surface area contributed by atoms with Gasteiger partial charge in [-0.2, -0.15) is 0 Å². The number of ketones is 1. The average Bonchev–Trinajstić information content (AvgIpc) is 3.34. The zero-order chi connectivity index (χ0) is 18.2. The molecule has 0 heterocycles. The lowest BCUT2D eigenvalue weighted by Crippen LogP contribution is -2.43. The minimum Gasteiger partial charge on any atom is -0.496 e. The Morgan fingerprint density at radius 3 is 2.24 bits per heavy atom. The van der Waals surface area contributed by atoms with Crippen LogP contribution in [0, 0.1) is 20.8 Å². The molecule has 4 heteroatoms. The summed E-state index contributed by atoms with van der Waals surface area (Å²) in [5.41, 5.74) is 3.31. The Labute approximate surface area is 148 Å². The number of aryl methyl sites for hydroxylation is 2. The summed E-state index contributed by atoms with van der Waals surface area (Å²) < 4.78 is 5.28. The van der Waals surface area contributed by atoms with Gasteiger partial charge in [0.2, 0.25) is 0 Å². The number of rotatable bonds is 5. The molecule has 1 aliphatic carbocycles. The molecule has 0 unspecified atom stereocenters. The van der Waals surface area contributed by atoms with Crippen molar-refractivity contribution in [2.45, 2.75) is 39.2 Å². The quantitative estimate of drug-likeness (QED) is 0.845. The molecule has 1 N–H and O–H groups in total. The van der Waals surface area contributed by atoms with E-state index in [1.807, 2.05) is 45.0 Å². The van der Waals surface area contributed by atoms with Crippen molar-refractivity contribution in [3.63, 3.8) is 0 Å². The number of Topliss-reactive ketones (excluding diaryl/α,β-unsaturated/α-hetero) is 1. The first-order valence-electron chi connectivity index (χ1n) is 8.45. The van der Waals surface area contributed by atoms with E-state index < -0.39 is 5.54 Å². The summed E-state index contributed by atoms with van der Waals surface area (Å²) in [7, 11) is 1.58. The van der Waals surface area contributed by atoms with Crippen LogP contribution in [-0.2, 0) is 0 Å². The lowest BCUT2D eigenvalue weighted by Gasteiger charge is -2.18. The van der Waals surface area contributed by atoms with Crippen molar-refractivity contribution in [2.75, 3.05) is 7.11 Å². The SMILES string of the molecule is COc1cccc(C(=O)NC2(C(=O)c3cc(C)cc(C)c3)CC2)c1C. The smallest absolute Gasteiger partial charge is 0.252 e. The van der Waals surface area contributed by atoms with Crippen LogP contribution in [0.1, 0.15) is 50.2 Å². The minimum atomic E-state index is -0.771. The normalized spacial score (nSPS) is 14.7. The van der Waals surface area contributed by atoms with Crippen LogP contribution in [0.4, 0.5) is 0 Å². The third-order valence-corrected chi connectivity index (χ3v) is 4.77. The molecule has 0 radical (unpaired) electrons. The maximum Gasteiger partial charge on any atom is 0.252 e. The monoisotopic (exact) mass is 337 g/mol. The van der Waals surface area contributed by atoms with Gasteiger partial charge < -0.3 is 10.1 Å². The van der Waals surface area contributed by atoms with E-state index >= 15 is 0 Å². The third kappa shape index (κ3) is 3.29. The van der Waals surface area contributed by atoms with Crippen molar-refractivity contribution in [2.24, 2.45) is 0 Å². The molecule has 0 bridgehead atoms. The van der Waals surface area contributed by atoms with Crippen LogP contribution in [-0.4, -0.2) is 24.3 Å². The first-order valence-corrected chi connectivity index (χ1v) is 8.45. The fourth-order valence-electron chi connectivity index (χ4n) is 3.28. The van der Waals surface area contributed by atoms with Gasteiger partial charge in [-0.25, -0.2) is 0 Å². The number of nitrogens with one attached hydrogen (secondary N) is 1. The summed E-state index contributed by atoms with van der Waals surface area (Å²) in [6.07, 6.45) is 1.35. The van der Waals surface area contributed by atoms with Gasteiger partial charge in [0.1, 0.15) is 11.3 Å². The second-order valence-electron chi connectivity index (χ2n) is 6.87. The fourth-order valence-corrected chi connectivity index (χ4v) is 3.28. The van der Waals surface area contributed by atoms with E-state index in [1.54, 1.807) is 19.2 Å². The maximum atomic E-state index is 13.0.